The summed E-state index contributed by atoms with van der Waals surface area (Å²) >= 11 is 0. The van der Waals surface area contributed by atoms with E-state index in [1.165, 1.54) is 30.5 Å². The number of rotatable bonds is 8. The minimum atomic E-state index is -0.261. The minimum absolute atomic E-state index is 0.253. The fourth-order valence-electron chi connectivity index (χ4n) is 4.62. The van der Waals surface area contributed by atoms with E-state index in [0.29, 0.717) is 19.1 Å². The number of nitrogens with zero attached hydrogens (tertiary/aromatic N) is 5. The summed E-state index contributed by atoms with van der Waals surface area (Å²) in [4.78, 5) is 2.29. The fourth-order valence-corrected chi connectivity index (χ4v) is 4.62. The molecule has 7 heteroatoms. The summed E-state index contributed by atoms with van der Waals surface area (Å²) in [6.45, 7) is 1.24. The van der Waals surface area contributed by atoms with E-state index >= 15 is 0 Å². The van der Waals surface area contributed by atoms with Crippen LogP contribution < -0.4 is 0 Å². The predicted molar refractivity (Wildman–Crippen MR) is 118 cm³/mol. The molecular weight excluding hydrogens is 405 g/mol. The molecule has 4 aromatic rings. The second-order valence-corrected chi connectivity index (χ2v) is 8.34. The summed E-state index contributed by atoms with van der Waals surface area (Å²) in [6.07, 6.45) is 6.21. The van der Waals surface area contributed by atoms with Crippen LogP contribution in [0, 0.1) is 5.82 Å². The van der Waals surface area contributed by atoms with Crippen LogP contribution in [0.15, 0.2) is 77.4 Å². The molecule has 0 amide bonds. The van der Waals surface area contributed by atoms with Gasteiger partial charge in [-0.25, -0.2) is 9.07 Å². The van der Waals surface area contributed by atoms with Gasteiger partial charge in [0.1, 0.15) is 11.6 Å². The van der Waals surface area contributed by atoms with Gasteiger partial charge < -0.3 is 4.42 Å². The number of halogens is 1. The molecule has 1 aliphatic carbocycles. The summed E-state index contributed by atoms with van der Waals surface area (Å²) < 4.78 is 21.5. The van der Waals surface area contributed by atoms with Crippen molar-refractivity contribution in [3.05, 3.63) is 102 Å². The molecular formula is C25H26FN5O. The number of benzene rings is 2. The number of tetrazole rings is 1. The molecule has 2 aromatic heterocycles. The van der Waals surface area contributed by atoms with E-state index in [1.807, 2.05) is 47.1 Å². The van der Waals surface area contributed by atoms with Gasteiger partial charge in [-0.2, -0.15) is 0 Å². The molecule has 1 fully saturated rings. The van der Waals surface area contributed by atoms with Crippen molar-refractivity contribution in [2.75, 3.05) is 0 Å². The Balaban J connectivity index is 1.59. The lowest BCUT2D eigenvalue weighted by Gasteiger charge is -2.31. The molecule has 0 unspecified atom stereocenters. The lowest BCUT2D eigenvalue weighted by Crippen LogP contribution is -2.32. The highest BCUT2D eigenvalue weighted by atomic mass is 19.1. The van der Waals surface area contributed by atoms with Crippen molar-refractivity contribution in [3.63, 3.8) is 0 Å². The van der Waals surface area contributed by atoms with Gasteiger partial charge in [0, 0.05) is 6.54 Å². The maximum atomic E-state index is 13.8. The van der Waals surface area contributed by atoms with E-state index in [1.54, 1.807) is 6.26 Å². The third-order valence-electron chi connectivity index (χ3n) is 6.15. The summed E-state index contributed by atoms with van der Waals surface area (Å²) in [7, 11) is 0. The first-order chi connectivity index (χ1) is 15.8. The summed E-state index contributed by atoms with van der Waals surface area (Å²) in [5.74, 6) is 1.38. The molecule has 6 nitrogen and oxygen atoms in total. The molecule has 2 heterocycles. The van der Waals surface area contributed by atoms with Crippen LogP contribution in [0.1, 0.15) is 60.5 Å². The van der Waals surface area contributed by atoms with Gasteiger partial charge in [0.25, 0.3) is 0 Å². The Bertz CT molecular complexity index is 1100. The van der Waals surface area contributed by atoms with E-state index in [9.17, 15) is 4.39 Å². The number of aromatic nitrogens is 4. The highest BCUT2D eigenvalue weighted by Gasteiger charge is 2.32. The normalized spacial score (nSPS) is 15.4. The SMILES string of the molecule is Fc1ccc([C@@H](c2nnnn2C2CCCC2)N(Cc2ccccc2)Cc2ccco2)cc1. The Morgan fingerprint density at radius 2 is 1.75 bits per heavy atom. The van der Waals surface area contributed by atoms with Crippen molar-refractivity contribution in [2.24, 2.45) is 0 Å². The molecule has 32 heavy (non-hydrogen) atoms. The molecule has 1 atom stereocenters. The molecule has 2 aromatic carbocycles. The van der Waals surface area contributed by atoms with Crippen LogP contribution in [0.4, 0.5) is 4.39 Å². The third-order valence-corrected chi connectivity index (χ3v) is 6.15. The standard InChI is InChI=1S/C25H26FN5O/c26-21-14-12-20(13-15-21)24(25-27-28-29-31(25)22-9-4-5-10-22)30(18-23-11-6-16-32-23)17-19-7-2-1-3-8-19/h1-3,6-8,11-16,22,24H,4-5,9-10,17-18H2/t24-/m0/s1. The molecule has 1 aliphatic rings. The highest BCUT2D eigenvalue weighted by molar-refractivity contribution is 5.27. The van der Waals surface area contributed by atoms with Gasteiger partial charge in [-0.1, -0.05) is 55.3 Å². The first-order valence-electron chi connectivity index (χ1n) is 11.1. The maximum Gasteiger partial charge on any atom is 0.173 e. The molecule has 0 N–H and O–H groups in total. The van der Waals surface area contributed by atoms with E-state index < -0.39 is 0 Å². The van der Waals surface area contributed by atoms with Gasteiger partial charge in [0.2, 0.25) is 0 Å². The van der Waals surface area contributed by atoms with Crippen molar-refractivity contribution < 1.29 is 8.81 Å². The maximum absolute atomic E-state index is 13.8. The summed E-state index contributed by atoms with van der Waals surface area (Å²) in [5, 5.41) is 12.9. The van der Waals surface area contributed by atoms with E-state index in [-0.39, 0.29) is 11.9 Å². The van der Waals surface area contributed by atoms with Crippen molar-refractivity contribution in [1.82, 2.24) is 25.1 Å². The first kappa shape index (κ1) is 20.6. The largest absolute Gasteiger partial charge is 0.468 e. The Morgan fingerprint density at radius 3 is 2.47 bits per heavy atom. The van der Waals surface area contributed by atoms with Crippen LogP contribution in [0.25, 0.3) is 0 Å². The van der Waals surface area contributed by atoms with Crippen LogP contribution in [-0.4, -0.2) is 25.1 Å². The Hall–Kier alpha value is -3.32. The van der Waals surface area contributed by atoms with Crippen molar-refractivity contribution >= 4 is 0 Å². The van der Waals surface area contributed by atoms with Crippen molar-refractivity contribution in [2.45, 2.75) is 50.9 Å². The quantitative estimate of drug-likeness (QED) is 0.378. The monoisotopic (exact) mass is 431 g/mol. The Morgan fingerprint density at radius 1 is 0.969 bits per heavy atom. The van der Waals surface area contributed by atoms with E-state index in [2.05, 4.69) is 32.6 Å². The van der Waals surface area contributed by atoms with Crippen LogP contribution in [0.2, 0.25) is 0 Å². The van der Waals surface area contributed by atoms with Gasteiger partial charge in [-0.05, 0) is 58.7 Å². The second-order valence-electron chi connectivity index (χ2n) is 8.34. The number of hydrogen-bond donors (Lipinski definition) is 0. The molecule has 164 valence electrons. The average molecular weight is 432 g/mol. The predicted octanol–water partition coefficient (Wildman–Crippen LogP) is 5.31. The van der Waals surface area contributed by atoms with Crippen molar-refractivity contribution in [3.8, 4) is 0 Å². The number of hydrogen-bond acceptors (Lipinski definition) is 5. The van der Waals surface area contributed by atoms with Gasteiger partial charge in [-0.15, -0.1) is 5.10 Å². The van der Waals surface area contributed by atoms with E-state index in [4.69, 9.17) is 4.42 Å². The first-order valence-corrected chi connectivity index (χ1v) is 11.1. The molecule has 1 saturated carbocycles. The van der Waals surface area contributed by atoms with Gasteiger partial charge in [-0.3, -0.25) is 4.90 Å². The lowest BCUT2D eigenvalue weighted by atomic mass is 10.0. The van der Waals surface area contributed by atoms with Crippen molar-refractivity contribution in [1.29, 1.82) is 0 Å². The second kappa shape index (κ2) is 9.44. The molecule has 0 bridgehead atoms. The van der Waals surface area contributed by atoms with E-state index in [0.717, 1.165) is 30.0 Å². The highest BCUT2D eigenvalue weighted by Crippen LogP contribution is 2.35. The Labute approximate surface area is 186 Å². The van der Waals surface area contributed by atoms with Gasteiger partial charge in [0.15, 0.2) is 5.82 Å². The molecule has 0 radical (unpaired) electrons. The molecule has 0 aliphatic heterocycles. The summed E-state index contributed by atoms with van der Waals surface area (Å²) in [5.41, 5.74) is 2.12. The zero-order valence-electron chi connectivity index (χ0n) is 17.8. The number of furan rings is 1. The molecule has 0 spiro atoms. The van der Waals surface area contributed by atoms with Crippen LogP contribution in [0.3, 0.4) is 0 Å². The smallest absolute Gasteiger partial charge is 0.173 e. The lowest BCUT2D eigenvalue weighted by molar-refractivity contribution is 0.177. The van der Waals surface area contributed by atoms with Crippen LogP contribution >= 0.6 is 0 Å². The van der Waals surface area contributed by atoms with Gasteiger partial charge in [0.05, 0.1) is 24.9 Å². The zero-order valence-corrected chi connectivity index (χ0v) is 17.8. The van der Waals surface area contributed by atoms with Crippen LogP contribution in [0.5, 0.6) is 0 Å². The fraction of sp³-hybridized carbons (Fsp3) is 0.320. The minimum Gasteiger partial charge on any atom is -0.468 e. The summed E-state index contributed by atoms with van der Waals surface area (Å²) in [6, 6.07) is 20.9. The molecule has 5 rings (SSSR count). The molecule has 0 saturated heterocycles. The third kappa shape index (κ3) is 4.48. The van der Waals surface area contributed by atoms with Crippen LogP contribution in [-0.2, 0) is 13.1 Å². The van der Waals surface area contributed by atoms with Gasteiger partial charge >= 0.3 is 0 Å². The zero-order chi connectivity index (χ0) is 21.8. The Kier molecular flexibility index (Phi) is 6.07. The average Bonchev–Trinajstić information content (AvgIpc) is 3.59. The topological polar surface area (TPSA) is 60.0 Å².